The minimum atomic E-state index is -0.907. The molecule has 1 atom stereocenters. The van der Waals surface area contributed by atoms with E-state index in [1.165, 1.54) is 6.07 Å². The van der Waals surface area contributed by atoms with Gasteiger partial charge in [0.2, 0.25) is 0 Å². The van der Waals surface area contributed by atoms with Gasteiger partial charge < -0.3 is 19.4 Å². The minimum Gasteiger partial charge on any atom is -0.491 e. The Hall–Kier alpha value is -1.85. The van der Waals surface area contributed by atoms with E-state index in [0.717, 1.165) is 10.9 Å². The van der Waals surface area contributed by atoms with Crippen LogP contribution in [0.4, 0.5) is 0 Å². The van der Waals surface area contributed by atoms with Gasteiger partial charge in [0, 0.05) is 11.5 Å². The van der Waals surface area contributed by atoms with Crippen LogP contribution in [0.1, 0.15) is 5.56 Å². The van der Waals surface area contributed by atoms with Crippen molar-refractivity contribution in [2.75, 3.05) is 13.2 Å². The first-order chi connectivity index (χ1) is 8.60. The van der Waals surface area contributed by atoms with Crippen molar-refractivity contribution in [1.29, 1.82) is 0 Å². The maximum Gasteiger partial charge on any atom is 0.336 e. The summed E-state index contributed by atoms with van der Waals surface area (Å²) in [6, 6.07) is 6.44. The molecule has 0 spiro atoms. The topological polar surface area (TPSA) is 79.9 Å². The van der Waals surface area contributed by atoms with E-state index in [4.69, 9.17) is 14.3 Å². The molecule has 0 aliphatic carbocycles. The largest absolute Gasteiger partial charge is 0.491 e. The standard InChI is InChI=1S/C13H14O5/c1-8-4-13(16)18-12-3-2-10(5-11(8)12)17-7-9(15)6-14/h2-5,9,14-15H,6-7H2,1H3/t9-/m0/s1. The van der Waals surface area contributed by atoms with Crippen LogP contribution >= 0.6 is 0 Å². The quantitative estimate of drug-likeness (QED) is 0.786. The van der Waals surface area contributed by atoms with E-state index in [-0.39, 0.29) is 18.8 Å². The van der Waals surface area contributed by atoms with Gasteiger partial charge in [0.05, 0.1) is 6.61 Å². The van der Waals surface area contributed by atoms with Crippen LogP contribution in [0, 0.1) is 6.92 Å². The molecule has 2 rings (SSSR count). The maximum atomic E-state index is 11.2. The molecule has 0 radical (unpaired) electrons. The van der Waals surface area contributed by atoms with E-state index in [9.17, 15) is 9.90 Å². The van der Waals surface area contributed by atoms with Crippen molar-refractivity contribution in [3.05, 3.63) is 40.2 Å². The SMILES string of the molecule is Cc1cc(=O)oc2ccc(OC[C@@H](O)CO)cc12. The molecule has 18 heavy (non-hydrogen) atoms. The number of hydrogen-bond donors (Lipinski definition) is 2. The van der Waals surface area contributed by atoms with E-state index in [1.807, 2.05) is 6.92 Å². The molecular weight excluding hydrogens is 236 g/mol. The highest BCUT2D eigenvalue weighted by Crippen LogP contribution is 2.22. The molecule has 5 nitrogen and oxygen atoms in total. The fraction of sp³-hybridized carbons (Fsp3) is 0.308. The molecule has 1 aromatic carbocycles. The van der Waals surface area contributed by atoms with Crippen molar-refractivity contribution < 1.29 is 19.4 Å². The monoisotopic (exact) mass is 250 g/mol. The molecule has 0 unspecified atom stereocenters. The van der Waals surface area contributed by atoms with Crippen LogP contribution in [-0.4, -0.2) is 29.5 Å². The van der Waals surface area contributed by atoms with Crippen LogP contribution in [0.3, 0.4) is 0 Å². The van der Waals surface area contributed by atoms with Gasteiger partial charge in [-0.1, -0.05) is 0 Å². The Labute approximate surface area is 103 Å². The minimum absolute atomic E-state index is 0.0117. The van der Waals surface area contributed by atoms with Crippen LogP contribution in [0.2, 0.25) is 0 Å². The third-order valence-electron chi connectivity index (χ3n) is 2.57. The predicted molar refractivity (Wildman–Crippen MR) is 65.8 cm³/mol. The highest BCUT2D eigenvalue weighted by Gasteiger charge is 2.06. The summed E-state index contributed by atoms with van der Waals surface area (Å²) in [5.41, 5.74) is 0.911. The molecule has 0 aliphatic heterocycles. The average molecular weight is 250 g/mol. The number of aryl methyl sites for hydroxylation is 1. The first-order valence-corrected chi connectivity index (χ1v) is 5.56. The normalized spacial score (nSPS) is 12.6. The molecule has 96 valence electrons. The van der Waals surface area contributed by atoms with Gasteiger partial charge in [-0.2, -0.15) is 0 Å². The van der Waals surface area contributed by atoms with Crippen molar-refractivity contribution in [3.8, 4) is 5.75 Å². The lowest BCUT2D eigenvalue weighted by Crippen LogP contribution is -2.21. The highest BCUT2D eigenvalue weighted by molar-refractivity contribution is 5.81. The van der Waals surface area contributed by atoms with Gasteiger partial charge in [0.25, 0.3) is 0 Å². The fourth-order valence-corrected chi connectivity index (χ4v) is 1.63. The zero-order valence-electron chi connectivity index (χ0n) is 9.92. The number of fused-ring (bicyclic) bond motifs is 1. The summed E-state index contributed by atoms with van der Waals surface area (Å²) < 4.78 is 10.4. The Kier molecular flexibility index (Phi) is 3.64. The number of rotatable bonds is 4. The Morgan fingerprint density at radius 3 is 2.89 bits per heavy atom. The molecule has 0 fully saturated rings. The molecule has 2 N–H and O–H groups in total. The second-order valence-corrected chi connectivity index (χ2v) is 4.05. The summed E-state index contributed by atoms with van der Waals surface area (Å²) in [4.78, 5) is 11.2. The van der Waals surface area contributed by atoms with E-state index in [0.29, 0.717) is 11.3 Å². The van der Waals surface area contributed by atoms with Gasteiger partial charge in [0.1, 0.15) is 24.0 Å². The average Bonchev–Trinajstić information content (AvgIpc) is 2.36. The molecule has 0 amide bonds. The molecule has 1 heterocycles. The number of benzene rings is 1. The molecular formula is C13H14O5. The molecule has 1 aromatic heterocycles. The Bertz CT molecular complexity index is 602. The van der Waals surface area contributed by atoms with Crippen molar-refractivity contribution in [2.24, 2.45) is 0 Å². The number of ether oxygens (including phenoxy) is 1. The lowest BCUT2D eigenvalue weighted by molar-refractivity contribution is 0.0536. The number of aliphatic hydroxyl groups is 2. The van der Waals surface area contributed by atoms with E-state index in [2.05, 4.69) is 0 Å². The molecule has 0 aliphatic rings. The summed E-state index contributed by atoms with van der Waals surface area (Å²) in [5, 5.41) is 18.7. The molecule has 0 saturated heterocycles. The second kappa shape index (κ2) is 5.20. The van der Waals surface area contributed by atoms with Crippen LogP contribution in [0.25, 0.3) is 11.0 Å². The summed E-state index contributed by atoms with van der Waals surface area (Å²) in [7, 11) is 0. The number of hydrogen-bond acceptors (Lipinski definition) is 5. The number of aliphatic hydroxyl groups excluding tert-OH is 2. The lowest BCUT2D eigenvalue weighted by Gasteiger charge is -2.10. The molecule has 0 bridgehead atoms. The summed E-state index contributed by atoms with van der Waals surface area (Å²) in [6.07, 6.45) is -0.907. The first-order valence-electron chi connectivity index (χ1n) is 5.56. The van der Waals surface area contributed by atoms with Crippen LogP contribution in [0.5, 0.6) is 5.75 Å². The van der Waals surface area contributed by atoms with Gasteiger partial charge in [-0.15, -0.1) is 0 Å². The molecule has 2 aromatic rings. The lowest BCUT2D eigenvalue weighted by atomic mass is 10.1. The van der Waals surface area contributed by atoms with Gasteiger partial charge in [-0.25, -0.2) is 4.79 Å². The second-order valence-electron chi connectivity index (χ2n) is 4.05. The predicted octanol–water partition coefficient (Wildman–Crippen LogP) is 0.833. The van der Waals surface area contributed by atoms with Crippen LogP contribution < -0.4 is 10.4 Å². The van der Waals surface area contributed by atoms with Crippen molar-refractivity contribution in [2.45, 2.75) is 13.0 Å². The Morgan fingerprint density at radius 1 is 1.39 bits per heavy atom. The summed E-state index contributed by atoms with van der Waals surface area (Å²) >= 11 is 0. The highest BCUT2D eigenvalue weighted by atomic mass is 16.5. The van der Waals surface area contributed by atoms with Gasteiger partial charge in [0.15, 0.2) is 0 Å². The first kappa shape index (κ1) is 12.6. The van der Waals surface area contributed by atoms with E-state index < -0.39 is 6.10 Å². The zero-order valence-corrected chi connectivity index (χ0v) is 9.92. The van der Waals surface area contributed by atoms with Gasteiger partial charge in [-0.05, 0) is 30.7 Å². The van der Waals surface area contributed by atoms with Crippen molar-refractivity contribution in [3.63, 3.8) is 0 Å². The van der Waals surface area contributed by atoms with Gasteiger partial charge >= 0.3 is 5.63 Å². The van der Waals surface area contributed by atoms with Crippen molar-refractivity contribution in [1.82, 2.24) is 0 Å². The maximum absolute atomic E-state index is 11.2. The molecule has 0 saturated carbocycles. The Morgan fingerprint density at radius 2 is 2.17 bits per heavy atom. The van der Waals surface area contributed by atoms with Gasteiger partial charge in [-0.3, -0.25) is 0 Å². The smallest absolute Gasteiger partial charge is 0.336 e. The fourth-order valence-electron chi connectivity index (χ4n) is 1.63. The molecule has 5 heteroatoms. The third kappa shape index (κ3) is 2.69. The summed E-state index contributed by atoms with van der Waals surface area (Å²) in [5.74, 6) is 0.548. The van der Waals surface area contributed by atoms with E-state index >= 15 is 0 Å². The van der Waals surface area contributed by atoms with E-state index in [1.54, 1.807) is 18.2 Å². The summed E-state index contributed by atoms with van der Waals surface area (Å²) in [6.45, 7) is 1.48. The van der Waals surface area contributed by atoms with Crippen molar-refractivity contribution >= 4 is 11.0 Å². The zero-order chi connectivity index (χ0) is 13.1. The van der Waals surface area contributed by atoms with Crippen LogP contribution in [0.15, 0.2) is 33.5 Å². The Balaban J connectivity index is 2.30. The third-order valence-corrected chi connectivity index (χ3v) is 2.57. The van der Waals surface area contributed by atoms with Crippen LogP contribution in [-0.2, 0) is 0 Å².